The second kappa shape index (κ2) is 5.00. The lowest BCUT2D eigenvalue weighted by atomic mass is 10.1. The Hall–Kier alpha value is -1.72. The summed E-state index contributed by atoms with van der Waals surface area (Å²) in [5.41, 5.74) is 3.04. The number of H-pyrrole nitrogens is 1. The molecule has 1 aromatic carbocycles. The summed E-state index contributed by atoms with van der Waals surface area (Å²) in [6.45, 7) is 1.90. The SMILES string of the molecule is Cc1cc2c(c(=S)[nH]1)C(=O)O/C2=C/c1ccc(Br)cc1. The van der Waals surface area contributed by atoms with Crippen molar-refractivity contribution in [2.75, 3.05) is 0 Å². The molecule has 0 saturated heterocycles. The third kappa shape index (κ3) is 2.34. The minimum absolute atomic E-state index is 0.399. The van der Waals surface area contributed by atoms with E-state index in [1.807, 2.05) is 43.3 Å². The zero-order valence-corrected chi connectivity index (χ0v) is 13.0. The maximum absolute atomic E-state index is 11.9. The van der Waals surface area contributed by atoms with Gasteiger partial charge in [-0.05, 0) is 36.8 Å². The Balaban J connectivity index is 2.13. The molecular formula is C15H10BrNO2S. The minimum atomic E-state index is -0.399. The number of aromatic nitrogens is 1. The molecule has 0 unspecified atom stereocenters. The Morgan fingerprint density at radius 3 is 2.70 bits per heavy atom. The first kappa shape index (κ1) is 13.3. The molecule has 0 fully saturated rings. The van der Waals surface area contributed by atoms with Crippen LogP contribution in [-0.2, 0) is 4.74 Å². The number of esters is 1. The Labute approximate surface area is 129 Å². The fourth-order valence-corrected chi connectivity index (χ4v) is 2.73. The van der Waals surface area contributed by atoms with Gasteiger partial charge in [0.05, 0.1) is 0 Å². The van der Waals surface area contributed by atoms with Gasteiger partial charge in [0, 0.05) is 15.7 Å². The molecule has 0 bridgehead atoms. The molecule has 1 aliphatic heterocycles. The number of aryl methyl sites for hydroxylation is 1. The quantitative estimate of drug-likeness (QED) is 0.610. The number of pyridine rings is 1. The summed E-state index contributed by atoms with van der Waals surface area (Å²) in [5.74, 6) is 0.139. The second-order valence-corrected chi connectivity index (χ2v) is 5.84. The van der Waals surface area contributed by atoms with Crippen LogP contribution in [0.5, 0.6) is 0 Å². The van der Waals surface area contributed by atoms with Crippen molar-refractivity contribution >= 4 is 46.0 Å². The van der Waals surface area contributed by atoms with Crippen molar-refractivity contribution in [3.8, 4) is 0 Å². The summed E-state index contributed by atoms with van der Waals surface area (Å²) in [6, 6.07) is 9.64. The standard InChI is InChI=1S/C15H10BrNO2S/c1-8-6-11-12(7-9-2-4-10(16)5-3-9)19-15(18)13(11)14(20)17-8/h2-7H,1H3,(H,17,20)/b12-7+. The molecule has 100 valence electrons. The lowest BCUT2D eigenvalue weighted by Crippen LogP contribution is -1.97. The van der Waals surface area contributed by atoms with Crippen LogP contribution in [0.15, 0.2) is 34.8 Å². The van der Waals surface area contributed by atoms with Crippen LogP contribution in [0.3, 0.4) is 0 Å². The van der Waals surface area contributed by atoms with Gasteiger partial charge in [-0.15, -0.1) is 0 Å². The Kier molecular flexibility index (Phi) is 3.31. The average Bonchev–Trinajstić information content (AvgIpc) is 2.69. The number of aromatic amines is 1. The summed E-state index contributed by atoms with van der Waals surface area (Å²) in [4.78, 5) is 14.9. The third-order valence-electron chi connectivity index (χ3n) is 3.01. The fourth-order valence-electron chi connectivity index (χ4n) is 2.11. The average molecular weight is 348 g/mol. The van der Waals surface area contributed by atoms with Gasteiger partial charge in [0.25, 0.3) is 0 Å². The van der Waals surface area contributed by atoms with Crippen molar-refractivity contribution in [3.63, 3.8) is 0 Å². The molecule has 1 N–H and O–H groups in total. The molecule has 0 spiro atoms. The molecule has 2 heterocycles. The number of carbonyl (C=O) groups excluding carboxylic acids is 1. The molecule has 3 nitrogen and oxygen atoms in total. The Bertz CT molecular complexity index is 791. The number of benzene rings is 1. The number of cyclic esters (lactones) is 1. The molecule has 0 saturated carbocycles. The maximum Gasteiger partial charge on any atom is 0.347 e. The van der Waals surface area contributed by atoms with Crippen molar-refractivity contribution in [2.45, 2.75) is 6.92 Å². The highest BCUT2D eigenvalue weighted by molar-refractivity contribution is 9.10. The van der Waals surface area contributed by atoms with E-state index >= 15 is 0 Å². The monoisotopic (exact) mass is 347 g/mol. The van der Waals surface area contributed by atoms with Crippen LogP contribution in [-0.4, -0.2) is 11.0 Å². The van der Waals surface area contributed by atoms with E-state index < -0.39 is 5.97 Å². The van der Waals surface area contributed by atoms with Crippen LogP contribution in [0, 0.1) is 11.6 Å². The van der Waals surface area contributed by atoms with Crippen molar-refractivity contribution < 1.29 is 9.53 Å². The normalized spacial score (nSPS) is 15.3. The highest BCUT2D eigenvalue weighted by Gasteiger charge is 2.28. The molecule has 3 rings (SSSR count). The van der Waals surface area contributed by atoms with E-state index in [1.54, 1.807) is 0 Å². The fraction of sp³-hybridized carbons (Fsp3) is 0.0667. The first-order valence-electron chi connectivity index (χ1n) is 5.98. The maximum atomic E-state index is 11.9. The minimum Gasteiger partial charge on any atom is -0.422 e. The van der Waals surface area contributed by atoms with E-state index in [4.69, 9.17) is 17.0 Å². The Morgan fingerprint density at radius 1 is 1.30 bits per heavy atom. The molecule has 5 heteroatoms. The summed E-state index contributed by atoms with van der Waals surface area (Å²) in [6.07, 6.45) is 1.84. The molecule has 20 heavy (non-hydrogen) atoms. The van der Waals surface area contributed by atoms with E-state index in [0.717, 1.165) is 21.3 Å². The molecule has 1 aliphatic rings. The number of hydrogen-bond acceptors (Lipinski definition) is 3. The van der Waals surface area contributed by atoms with Crippen LogP contribution in [0.2, 0.25) is 0 Å². The van der Waals surface area contributed by atoms with Gasteiger partial charge in [0.15, 0.2) is 0 Å². The molecule has 1 aromatic heterocycles. The number of nitrogens with one attached hydrogen (secondary N) is 1. The van der Waals surface area contributed by atoms with Crippen molar-refractivity contribution in [1.82, 2.24) is 4.98 Å². The topological polar surface area (TPSA) is 42.1 Å². The molecule has 0 aliphatic carbocycles. The number of rotatable bonds is 1. The molecular weight excluding hydrogens is 338 g/mol. The Morgan fingerprint density at radius 2 is 2.00 bits per heavy atom. The van der Waals surface area contributed by atoms with E-state index in [9.17, 15) is 4.79 Å². The van der Waals surface area contributed by atoms with Gasteiger partial charge in [-0.25, -0.2) is 4.79 Å². The van der Waals surface area contributed by atoms with Crippen LogP contribution in [0.4, 0.5) is 0 Å². The summed E-state index contributed by atoms with van der Waals surface area (Å²) in [5, 5.41) is 0. The van der Waals surface area contributed by atoms with E-state index in [0.29, 0.717) is 16.0 Å². The number of carbonyl (C=O) groups is 1. The number of fused-ring (bicyclic) bond motifs is 1. The van der Waals surface area contributed by atoms with E-state index in [2.05, 4.69) is 20.9 Å². The van der Waals surface area contributed by atoms with Crippen LogP contribution in [0.25, 0.3) is 11.8 Å². The summed E-state index contributed by atoms with van der Waals surface area (Å²) >= 11 is 8.58. The number of hydrogen-bond donors (Lipinski definition) is 1. The molecule has 0 amide bonds. The van der Waals surface area contributed by atoms with Gasteiger partial charge in [0.2, 0.25) is 0 Å². The molecule has 2 aromatic rings. The van der Waals surface area contributed by atoms with Gasteiger partial charge in [-0.3, -0.25) is 0 Å². The van der Waals surface area contributed by atoms with Crippen molar-refractivity contribution in [1.29, 1.82) is 0 Å². The first-order valence-corrected chi connectivity index (χ1v) is 7.18. The molecule has 0 atom stereocenters. The van der Waals surface area contributed by atoms with E-state index in [1.165, 1.54) is 0 Å². The summed E-state index contributed by atoms with van der Waals surface area (Å²) in [7, 11) is 0. The largest absolute Gasteiger partial charge is 0.422 e. The van der Waals surface area contributed by atoms with Gasteiger partial charge >= 0.3 is 5.97 Å². The van der Waals surface area contributed by atoms with Gasteiger partial charge in [0.1, 0.15) is 16.0 Å². The van der Waals surface area contributed by atoms with Crippen LogP contribution >= 0.6 is 28.1 Å². The van der Waals surface area contributed by atoms with E-state index in [-0.39, 0.29) is 0 Å². The van der Waals surface area contributed by atoms with Gasteiger partial charge < -0.3 is 9.72 Å². The van der Waals surface area contributed by atoms with Crippen LogP contribution < -0.4 is 0 Å². The smallest absolute Gasteiger partial charge is 0.347 e. The molecule has 0 radical (unpaired) electrons. The highest BCUT2D eigenvalue weighted by atomic mass is 79.9. The van der Waals surface area contributed by atoms with Gasteiger partial charge in [-0.2, -0.15) is 0 Å². The lowest BCUT2D eigenvalue weighted by Gasteiger charge is -2.01. The zero-order chi connectivity index (χ0) is 14.3. The highest BCUT2D eigenvalue weighted by Crippen LogP contribution is 2.32. The number of ether oxygens (including phenoxy) is 1. The summed E-state index contributed by atoms with van der Waals surface area (Å²) < 4.78 is 6.75. The predicted molar refractivity (Wildman–Crippen MR) is 83.8 cm³/mol. The first-order chi connectivity index (χ1) is 9.54. The van der Waals surface area contributed by atoms with Crippen LogP contribution in [0.1, 0.15) is 27.2 Å². The third-order valence-corrected chi connectivity index (χ3v) is 3.84. The van der Waals surface area contributed by atoms with Crippen molar-refractivity contribution in [3.05, 3.63) is 61.8 Å². The van der Waals surface area contributed by atoms with Crippen molar-refractivity contribution in [2.24, 2.45) is 0 Å². The lowest BCUT2D eigenvalue weighted by molar-refractivity contribution is 0.0716. The number of halogens is 1. The predicted octanol–water partition coefficient (Wildman–Crippen LogP) is 4.48. The van der Waals surface area contributed by atoms with Gasteiger partial charge in [-0.1, -0.05) is 40.3 Å². The second-order valence-electron chi connectivity index (χ2n) is 4.52. The zero-order valence-electron chi connectivity index (χ0n) is 10.6.